The van der Waals surface area contributed by atoms with E-state index in [4.69, 9.17) is 9.84 Å². The molecule has 1 aliphatic heterocycles. The Morgan fingerprint density at radius 1 is 1.03 bits per heavy atom. The van der Waals surface area contributed by atoms with Gasteiger partial charge in [0, 0.05) is 18.9 Å². The van der Waals surface area contributed by atoms with Gasteiger partial charge in [0.25, 0.3) is 0 Å². The van der Waals surface area contributed by atoms with E-state index < -0.39 is 36.6 Å². The fourth-order valence-corrected chi connectivity index (χ4v) is 4.68. The second-order valence-corrected chi connectivity index (χ2v) is 8.04. The fraction of sp³-hybridized carbons (Fsp3) is 0.391. The summed E-state index contributed by atoms with van der Waals surface area (Å²) in [6.07, 6.45) is -6.24. The minimum absolute atomic E-state index is 0.0630. The Bertz CT molecular complexity index is 945. The molecular formula is C23H22F3NO4. The van der Waals surface area contributed by atoms with Gasteiger partial charge in [0.1, 0.15) is 12.6 Å². The highest BCUT2D eigenvalue weighted by molar-refractivity contribution is 5.79. The van der Waals surface area contributed by atoms with Gasteiger partial charge in [-0.15, -0.1) is 0 Å². The Labute approximate surface area is 177 Å². The minimum Gasteiger partial charge on any atom is -0.481 e. The average Bonchev–Trinajstić information content (AvgIpc) is 3.05. The number of carbonyl (C=O) groups excluding carboxylic acids is 1. The Morgan fingerprint density at radius 3 is 2.16 bits per heavy atom. The van der Waals surface area contributed by atoms with Gasteiger partial charge in [0.2, 0.25) is 0 Å². The number of hydrogen-bond acceptors (Lipinski definition) is 3. The van der Waals surface area contributed by atoms with Crippen molar-refractivity contribution in [3.8, 4) is 11.1 Å². The lowest BCUT2D eigenvalue weighted by Crippen LogP contribution is -2.53. The molecule has 2 aromatic rings. The largest absolute Gasteiger partial charge is 0.481 e. The van der Waals surface area contributed by atoms with Gasteiger partial charge >= 0.3 is 18.2 Å². The van der Waals surface area contributed by atoms with Gasteiger partial charge in [-0.3, -0.25) is 9.69 Å². The number of rotatable bonds is 4. The van der Waals surface area contributed by atoms with Crippen molar-refractivity contribution >= 4 is 12.1 Å². The van der Waals surface area contributed by atoms with Crippen LogP contribution in [0, 0.1) is 5.92 Å². The molecule has 164 valence electrons. The monoisotopic (exact) mass is 433 g/mol. The van der Waals surface area contributed by atoms with Crippen LogP contribution in [0.5, 0.6) is 0 Å². The maximum absolute atomic E-state index is 13.6. The number of carboxylic acids is 1. The van der Waals surface area contributed by atoms with Crippen LogP contribution < -0.4 is 0 Å². The number of carbonyl (C=O) groups is 2. The number of nitrogens with zero attached hydrogens (tertiary/aromatic N) is 1. The van der Waals surface area contributed by atoms with Gasteiger partial charge in [0.15, 0.2) is 0 Å². The van der Waals surface area contributed by atoms with E-state index in [1.807, 2.05) is 48.5 Å². The molecule has 0 aromatic heterocycles. The van der Waals surface area contributed by atoms with Crippen LogP contribution in [0.4, 0.5) is 18.0 Å². The number of carboxylic acid groups (broad SMARTS) is 1. The van der Waals surface area contributed by atoms with Gasteiger partial charge < -0.3 is 9.84 Å². The van der Waals surface area contributed by atoms with Crippen LogP contribution in [0.3, 0.4) is 0 Å². The predicted octanol–water partition coefficient (Wildman–Crippen LogP) is 5.05. The molecule has 1 N–H and O–H groups in total. The Morgan fingerprint density at radius 2 is 1.61 bits per heavy atom. The van der Waals surface area contributed by atoms with Crippen molar-refractivity contribution in [2.75, 3.05) is 13.2 Å². The number of fused-ring (bicyclic) bond motifs is 3. The van der Waals surface area contributed by atoms with Crippen molar-refractivity contribution in [2.24, 2.45) is 5.92 Å². The van der Waals surface area contributed by atoms with Gasteiger partial charge in [-0.1, -0.05) is 48.5 Å². The molecule has 1 aliphatic carbocycles. The van der Waals surface area contributed by atoms with Crippen LogP contribution in [0.25, 0.3) is 11.1 Å². The summed E-state index contributed by atoms with van der Waals surface area (Å²) < 4.78 is 46.2. The molecule has 2 atom stereocenters. The van der Waals surface area contributed by atoms with E-state index in [1.54, 1.807) is 0 Å². The van der Waals surface area contributed by atoms with E-state index in [2.05, 4.69) is 0 Å². The standard InChI is InChI=1S/C23H22F3NO4/c24-23(25,26)20-11-14(12-21(28)29)9-10-27(20)22(30)31-13-19-17-7-3-1-5-15(17)16-6-2-4-8-18(16)19/h1-8,14,19-20H,9-13H2,(H,28,29)/t14-,20+/m1/s1. The third-order valence-corrected chi connectivity index (χ3v) is 6.12. The number of alkyl halides is 3. The lowest BCUT2D eigenvalue weighted by atomic mass is 9.88. The highest BCUT2D eigenvalue weighted by Crippen LogP contribution is 2.44. The molecule has 0 radical (unpaired) electrons. The number of likely N-dealkylation sites (tertiary alicyclic amines) is 1. The van der Waals surface area contributed by atoms with E-state index in [-0.39, 0.29) is 31.9 Å². The second-order valence-electron chi connectivity index (χ2n) is 8.04. The Balaban J connectivity index is 1.49. The summed E-state index contributed by atoms with van der Waals surface area (Å²) in [5.74, 6) is -2.01. The number of hydrogen-bond donors (Lipinski definition) is 1. The first kappa shape index (κ1) is 21.2. The van der Waals surface area contributed by atoms with Crippen LogP contribution in [0.1, 0.15) is 36.3 Å². The van der Waals surface area contributed by atoms with E-state index in [1.165, 1.54) is 0 Å². The van der Waals surface area contributed by atoms with E-state index in [0.717, 1.165) is 22.3 Å². The third kappa shape index (κ3) is 4.24. The summed E-state index contributed by atoms with van der Waals surface area (Å²) in [7, 11) is 0. The zero-order chi connectivity index (χ0) is 22.2. The van der Waals surface area contributed by atoms with Gasteiger partial charge in [-0.05, 0) is 41.0 Å². The molecule has 1 heterocycles. The Kier molecular flexibility index (Phi) is 5.64. The van der Waals surface area contributed by atoms with Crippen LogP contribution in [-0.2, 0) is 9.53 Å². The van der Waals surface area contributed by atoms with Crippen molar-refractivity contribution in [2.45, 2.75) is 37.4 Å². The van der Waals surface area contributed by atoms with E-state index >= 15 is 0 Å². The lowest BCUT2D eigenvalue weighted by molar-refractivity contribution is -0.191. The molecule has 0 bridgehead atoms. The Hall–Kier alpha value is -3.03. The van der Waals surface area contributed by atoms with Gasteiger partial charge in [-0.2, -0.15) is 13.2 Å². The highest BCUT2D eigenvalue weighted by atomic mass is 19.4. The number of ether oxygens (including phenoxy) is 1. The SMILES string of the molecule is O=C(O)C[C@@H]1CCN(C(=O)OCC2c3ccccc3-c3ccccc32)[C@H](C(F)(F)F)C1. The predicted molar refractivity (Wildman–Crippen MR) is 107 cm³/mol. The smallest absolute Gasteiger partial charge is 0.410 e. The van der Waals surface area contributed by atoms with Gasteiger partial charge in [0.05, 0.1) is 0 Å². The van der Waals surface area contributed by atoms with E-state index in [9.17, 15) is 22.8 Å². The van der Waals surface area contributed by atoms with Crippen LogP contribution >= 0.6 is 0 Å². The summed E-state index contributed by atoms with van der Waals surface area (Å²) in [5, 5.41) is 8.91. The maximum atomic E-state index is 13.6. The molecular weight excluding hydrogens is 411 g/mol. The first-order valence-corrected chi connectivity index (χ1v) is 10.2. The van der Waals surface area contributed by atoms with Crippen LogP contribution in [0.15, 0.2) is 48.5 Å². The van der Waals surface area contributed by atoms with Gasteiger partial charge in [-0.25, -0.2) is 4.79 Å². The molecule has 4 rings (SSSR count). The fourth-order valence-electron chi connectivity index (χ4n) is 4.68. The molecule has 2 aromatic carbocycles. The molecule has 2 aliphatic rings. The first-order valence-electron chi connectivity index (χ1n) is 10.2. The summed E-state index contributed by atoms with van der Waals surface area (Å²) in [6.45, 7) is -0.245. The number of benzene rings is 2. The summed E-state index contributed by atoms with van der Waals surface area (Å²) >= 11 is 0. The molecule has 1 amide bonds. The van der Waals surface area contributed by atoms with Crippen LogP contribution in [-0.4, -0.2) is 47.4 Å². The van der Waals surface area contributed by atoms with Crippen molar-refractivity contribution in [3.63, 3.8) is 0 Å². The number of amides is 1. The van der Waals surface area contributed by atoms with E-state index in [0.29, 0.717) is 4.90 Å². The van der Waals surface area contributed by atoms with Crippen molar-refractivity contribution in [1.82, 2.24) is 4.90 Å². The molecule has 1 saturated heterocycles. The van der Waals surface area contributed by atoms with Crippen LogP contribution in [0.2, 0.25) is 0 Å². The quantitative estimate of drug-likeness (QED) is 0.733. The van der Waals surface area contributed by atoms with Crippen molar-refractivity contribution in [3.05, 3.63) is 59.7 Å². The zero-order valence-corrected chi connectivity index (χ0v) is 16.6. The molecule has 5 nitrogen and oxygen atoms in total. The van der Waals surface area contributed by atoms with Crippen molar-refractivity contribution < 1.29 is 32.6 Å². The number of piperidine rings is 1. The molecule has 0 unspecified atom stereocenters. The molecule has 1 fully saturated rings. The average molecular weight is 433 g/mol. The molecule has 0 spiro atoms. The third-order valence-electron chi connectivity index (χ3n) is 6.12. The zero-order valence-electron chi connectivity index (χ0n) is 16.6. The topological polar surface area (TPSA) is 66.8 Å². The normalized spacial score (nSPS) is 20.8. The highest BCUT2D eigenvalue weighted by Gasteiger charge is 2.49. The number of aliphatic carboxylic acids is 1. The summed E-state index contributed by atoms with van der Waals surface area (Å²) in [4.78, 5) is 24.3. The second kappa shape index (κ2) is 8.24. The molecule has 31 heavy (non-hydrogen) atoms. The number of halogens is 3. The first-order chi connectivity index (χ1) is 14.8. The summed E-state index contributed by atoms with van der Waals surface area (Å²) in [5.41, 5.74) is 4.01. The molecule has 0 saturated carbocycles. The molecule has 8 heteroatoms. The summed E-state index contributed by atoms with van der Waals surface area (Å²) in [6, 6.07) is 13.4. The lowest BCUT2D eigenvalue weighted by Gasteiger charge is -2.39. The maximum Gasteiger partial charge on any atom is 0.410 e. The van der Waals surface area contributed by atoms with Crippen molar-refractivity contribution in [1.29, 1.82) is 0 Å². The minimum atomic E-state index is -4.65.